The van der Waals surface area contributed by atoms with E-state index in [4.69, 9.17) is 0 Å². The van der Waals surface area contributed by atoms with E-state index in [1.54, 1.807) is 25.1 Å². The van der Waals surface area contributed by atoms with Crippen LogP contribution in [0.15, 0.2) is 29.8 Å². The molecule has 15 heavy (non-hydrogen) atoms. The maximum absolute atomic E-state index is 12.4. The largest absolute Gasteiger partial charge is 0.295 e. The Morgan fingerprint density at radius 3 is 2.53 bits per heavy atom. The van der Waals surface area contributed by atoms with Crippen LogP contribution in [0.2, 0.25) is 0 Å². The van der Waals surface area contributed by atoms with E-state index in [1.165, 1.54) is 19.1 Å². The van der Waals surface area contributed by atoms with Gasteiger partial charge in [0.1, 0.15) is 0 Å². The van der Waals surface area contributed by atoms with Crippen LogP contribution in [-0.4, -0.2) is 5.78 Å². The first-order chi connectivity index (χ1) is 7.00. The molecule has 1 aromatic carbocycles. The van der Waals surface area contributed by atoms with Gasteiger partial charge in [0.15, 0.2) is 5.78 Å². The molecule has 0 atom stereocenters. The molecule has 80 valence electrons. The molecule has 0 heterocycles. The summed E-state index contributed by atoms with van der Waals surface area (Å²) in [5.41, 5.74) is 1.15. The Bertz CT molecular complexity index is 394. The fourth-order valence-corrected chi connectivity index (χ4v) is 1.14. The first-order valence-electron chi connectivity index (χ1n) is 4.58. The molecule has 0 aromatic heterocycles. The predicted octanol–water partition coefficient (Wildman–Crippen LogP) is 3.62. The summed E-state index contributed by atoms with van der Waals surface area (Å²) in [4.78, 5) is 11.0. The lowest BCUT2D eigenvalue weighted by molar-refractivity contribution is -0.113. The highest BCUT2D eigenvalue weighted by molar-refractivity contribution is 5.97. The average molecular weight is 210 g/mol. The molecule has 1 nitrogen and oxygen atoms in total. The Morgan fingerprint density at radius 1 is 1.33 bits per heavy atom. The second-order valence-electron chi connectivity index (χ2n) is 3.35. The van der Waals surface area contributed by atoms with E-state index in [0.29, 0.717) is 11.1 Å². The van der Waals surface area contributed by atoms with Crippen LogP contribution in [0.4, 0.5) is 8.78 Å². The normalized spacial score (nSPS) is 11.9. The molecule has 0 spiro atoms. The van der Waals surface area contributed by atoms with Crippen molar-refractivity contribution in [2.75, 3.05) is 0 Å². The summed E-state index contributed by atoms with van der Waals surface area (Å²) in [6, 6.07) is 6.00. The third-order valence-corrected chi connectivity index (χ3v) is 2.10. The molecule has 3 heteroatoms. The third-order valence-electron chi connectivity index (χ3n) is 2.10. The lowest BCUT2D eigenvalue weighted by Crippen LogP contribution is -1.91. The first kappa shape index (κ1) is 11.6. The van der Waals surface area contributed by atoms with E-state index in [2.05, 4.69) is 0 Å². The van der Waals surface area contributed by atoms with Crippen LogP contribution in [0.3, 0.4) is 0 Å². The molecule has 0 saturated heterocycles. The maximum atomic E-state index is 12.4. The molecule has 0 amide bonds. The van der Waals surface area contributed by atoms with Gasteiger partial charge < -0.3 is 0 Å². The Morgan fingerprint density at radius 2 is 2.00 bits per heavy atom. The van der Waals surface area contributed by atoms with E-state index in [0.717, 1.165) is 0 Å². The van der Waals surface area contributed by atoms with Crippen molar-refractivity contribution in [2.45, 2.75) is 20.3 Å². The molecule has 0 saturated carbocycles. The van der Waals surface area contributed by atoms with Crippen molar-refractivity contribution in [3.63, 3.8) is 0 Å². The van der Waals surface area contributed by atoms with E-state index in [-0.39, 0.29) is 11.3 Å². The lowest BCUT2D eigenvalue weighted by Gasteiger charge is -2.01. The fraction of sp³-hybridized carbons (Fsp3) is 0.250. The number of hydrogen-bond donors (Lipinski definition) is 0. The summed E-state index contributed by atoms with van der Waals surface area (Å²) in [6.07, 6.45) is -0.871. The minimum Gasteiger partial charge on any atom is -0.295 e. The fourth-order valence-electron chi connectivity index (χ4n) is 1.14. The van der Waals surface area contributed by atoms with Gasteiger partial charge in [-0.1, -0.05) is 18.2 Å². The van der Waals surface area contributed by atoms with Crippen molar-refractivity contribution in [3.05, 3.63) is 41.0 Å². The number of alkyl halides is 2. The molecule has 0 aliphatic carbocycles. The second-order valence-corrected chi connectivity index (χ2v) is 3.35. The smallest absolute Gasteiger partial charge is 0.263 e. The quantitative estimate of drug-likeness (QED) is 0.696. The molecule has 0 unspecified atom stereocenters. The van der Waals surface area contributed by atoms with Crippen LogP contribution in [0.25, 0.3) is 6.08 Å². The third kappa shape index (κ3) is 3.27. The summed E-state index contributed by atoms with van der Waals surface area (Å²) in [7, 11) is 0. The number of ketones is 1. The second kappa shape index (κ2) is 4.82. The van der Waals surface area contributed by atoms with Gasteiger partial charge in [-0.15, -0.1) is 0 Å². The summed E-state index contributed by atoms with van der Waals surface area (Å²) < 4.78 is 24.7. The number of hydrogen-bond acceptors (Lipinski definition) is 1. The SMILES string of the molecule is CC(=O)/C(C)=C/c1cccc(C(F)F)c1. The highest BCUT2D eigenvalue weighted by atomic mass is 19.3. The number of halogens is 2. The topological polar surface area (TPSA) is 17.1 Å². The van der Waals surface area contributed by atoms with Crippen molar-refractivity contribution in [3.8, 4) is 0 Å². The number of carbonyl (C=O) groups is 1. The minimum atomic E-state index is -2.48. The van der Waals surface area contributed by atoms with Crippen LogP contribution >= 0.6 is 0 Å². The Hall–Kier alpha value is -1.51. The lowest BCUT2D eigenvalue weighted by atomic mass is 10.1. The van der Waals surface area contributed by atoms with Crippen LogP contribution in [-0.2, 0) is 4.79 Å². The molecule has 1 aromatic rings. The van der Waals surface area contributed by atoms with E-state index in [9.17, 15) is 13.6 Å². The maximum Gasteiger partial charge on any atom is 0.263 e. The highest BCUT2D eigenvalue weighted by Crippen LogP contribution is 2.20. The summed E-state index contributed by atoms with van der Waals surface area (Å²) in [5.74, 6) is -0.0579. The molecular weight excluding hydrogens is 198 g/mol. The zero-order valence-corrected chi connectivity index (χ0v) is 8.63. The molecule has 0 N–H and O–H groups in total. The van der Waals surface area contributed by atoms with Gasteiger partial charge >= 0.3 is 0 Å². The van der Waals surface area contributed by atoms with Crippen molar-refractivity contribution in [2.24, 2.45) is 0 Å². The molecule has 0 bridgehead atoms. The standard InChI is InChI=1S/C12H12F2O/c1-8(9(2)15)6-10-4-3-5-11(7-10)12(13)14/h3-7,12H,1-2H3/b8-6+. The van der Waals surface area contributed by atoms with E-state index >= 15 is 0 Å². The Kier molecular flexibility index (Phi) is 3.72. The number of carbonyl (C=O) groups excluding carboxylic acids is 1. The van der Waals surface area contributed by atoms with Crippen LogP contribution in [0.5, 0.6) is 0 Å². The van der Waals surface area contributed by atoms with Crippen LogP contribution in [0.1, 0.15) is 31.4 Å². The van der Waals surface area contributed by atoms with Gasteiger partial charge in [-0.25, -0.2) is 8.78 Å². The first-order valence-corrected chi connectivity index (χ1v) is 4.58. The van der Waals surface area contributed by atoms with Crippen molar-refractivity contribution >= 4 is 11.9 Å². The van der Waals surface area contributed by atoms with Crippen molar-refractivity contribution < 1.29 is 13.6 Å². The molecule has 0 fully saturated rings. The number of allylic oxidation sites excluding steroid dienone is 1. The molecule has 0 radical (unpaired) electrons. The Labute approximate surface area is 87.4 Å². The van der Waals surface area contributed by atoms with E-state index in [1.807, 2.05) is 0 Å². The summed E-state index contributed by atoms with van der Waals surface area (Å²) in [6.45, 7) is 3.11. The van der Waals surface area contributed by atoms with Gasteiger partial charge in [0.05, 0.1) is 0 Å². The van der Waals surface area contributed by atoms with E-state index < -0.39 is 6.43 Å². The van der Waals surface area contributed by atoms with Gasteiger partial charge in [0.2, 0.25) is 0 Å². The molecule has 1 rings (SSSR count). The van der Waals surface area contributed by atoms with Crippen molar-refractivity contribution in [1.29, 1.82) is 0 Å². The monoisotopic (exact) mass is 210 g/mol. The summed E-state index contributed by atoms with van der Waals surface area (Å²) in [5, 5.41) is 0. The van der Waals surface area contributed by atoms with Crippen molar-refractivity contribution in [1.82, 2.24) is 0 Å². The van der Waals surface area contributed by atoms with Gasteiger partial charge in [-0.05, 0) is 37.1 Å². The average Bonchev–Trinajstić information content (AvgIpc) is 2.18. The highest BCUT2D eigenvalue weighted by Gasteiger charge is 2.06. The molecule has 0 aliphatic heterocycles. The predicted molar refractivity (Wildman–Crippen MR) is 55.7 cm³/mol. The molecule has 0 aliphatic rings. The van der Waals surface area contributed by atoms with Gasteiger partial charge in [0, 0.05) is 5.56 Å². The zero-order chi connectivity index (χ0) is 11.4. The van der Waals surface area contributed by atoms with Gasteiger partial charge in [0.25, 0.3) is 6.43 Å². The van der Waals surface area contributed by atoms with Gasteiger partial charge in [-0.3, -0.25) is 4.79 Å². The zero-order valence-electron chi connectivity index (χ0n) is 8.63. The minimum absolute atomic E-state index is 0.0277. The van der Waals surface area contributed by atoms with Gasteiger partial charge in [-0.2, -0.15) is 0 Å². The van der Waals surface area contributed by atoms with Crippen LogP contribution in [0, 0.1) is 0 Å². The Balaban J connectivity index is 3.01. The number of Topliss-reactive ketones (excluding diaryl/α,β-unsaturated/α-hetero) is 1. The number of rotatable bonds is 3. The molecular formula is C12H12F2O. The number of benzene rings is 1. The summed E-state index contributed by atoms with van der Waals surface area (Å²) >= 11 is 0. The van der Waals surface area contributed by atoms with Crippen LogP contribution < -0.4 is 0 Å².